The highest BCUT2D eigenvalue weighted by Crippen LogP contribution is 2.18. The van der Waals surface area contributed by atoms with Crippen molar-refractivity contribution in [2.24, 2.45) is 0 Å². The van der Waals surface area contributed by atoms with Gasteiger partial charge in [-0.2, -0.15) is 0 Å². The number of benzene rings is 2. The van der Waals surface area contributed by atoms with E-state index >= 15 is 0 Å². The van der Waals surface area contributed by atoms with Gasteiger partial charge in [-0.25, -0.2) is 4.79 Å². The molecule has 0 saturated carbocycles. The van der Waals surface area contributed by atoms with E-state index in [0.717, 1.165) is 0 Å². The maximum absolute atomic E-state index is 12.9. The van der Waals surface area contributed by atoms with Crippen molar-refractivity contribution in [2.75, 3.05) is 44.9 Å². The molecule has 1 aliphatic rings. The van der Waals surface area contributed by atoms with Crippen LogP contribution in [-0.2, 0) is 14.3 Å². The monoisotopic (exact) mass is 382 g/mol. The zero-order valence-corrected chi connectivity index (χ0v) is 15.7. The van der Waals surface area contributed by atoms with E-state index in [0.29, 0.717) is 32.0 Å². The van der Waals surface area contributed by atoms with E-state index in [1.54, 1.807) is 42.3 Å². The number of hydrogen-bond acceptors (Lipinski definition) is 5. The summed E-state index contributed by atoms with van der Waals surface area (Å²) in [4.78, 5) is 40.6. The van der Waals surface area contributed by atoms with Crippen LogP contribution in [0.15, 0.2) is 54.6 Å². The number of hydrogen-bond donors (Lipinski definition) is 0. The minimum atomic E-state index is -0.702. The highest BCUT2D eigenvalue weighted by molar-refractivity contribution is 6.12. The Morgan fingerprint density at radius 2 is 1.57 bits per heavy atom. The highest BCUT2D eigenvalue weighted by atomic mass is 16.5. The summed E-state index contributed by atoms with van der Waals surface area (Å²) in [5.74, 6) is -1.31. The molecule has 1 fully saturated rings. The Labute approximate surface area is 163 Å². The van der Waals surface area contributed by atoms with Crippen molar-refractivity contribution >= 4 is 23.5 Å². The van der Waals surface area contributed by atoms with Gasteiger partial charge < -0.3 is 19.3 Å². The number of morpholine rings is 1. The standard InChI is InChI=1S/C21H22N2O5/c1-22(16-7-3-2-4-8-16)20(25)17-9-5-6-10-18(17)21(26)28-15-19(24)23-11-13-27-14-12-23/h2-10H,11-15H2,1H3. The van der Waals surface area contributed by atoms with Crippen LogP contribution >= 0.6 is 0 Å². The molecular formula is C21H22N2O5. The summed E-state index contributed by atoms with van der Waals surface area (Å²) >= 11 is 0. The molecule has 7 nitrogen and oxygen atoms in total. The quantitative estimate of drug-likeness (QED) is 0.739. The van der Waals surface area contributed by atoms with Crippen molar-refractivity contribution < 1.29 is 23.9 Å². The SMILES string of the molecule is CN(C(=O)c1ccccc1C(=O)OCC(=O)N1CCOCC1)c1ccccc1. The second-order valence-electron chi connectivity index (χ2n) is 6.31. The first kappa shape index (κ1) is 19.6. The van der Waals surface area contributed by atoms with Gasteiger partial charge in [-0.3, -0.25) is 9.59 Å². The lowest BCUT2D eigenvalue weighted by Crippen LogP contribution is -2.42. The number of anilines is 1. The lowest BCUT2D eigenvalue weighted by Gasteiger charge is -2.26. The second-order valence-corrected chi connectivity index (χ2v) is 6.31. The summed E-state index contributed by atoms with van der Waals surface area (Å²) in [5, 5.41) is 0. The van der Waals surface area contributed by atoms with Crippen LogP contribution in [0.1, 0.15) is 20.7 Å². The molecule has 1 aliphatic heterocycles. The summed E-state index contributed by atoms with van der Waals surface area (Å²) in [6.07, 6.45) is 0. The molecule has 0 spiro atoms. The third-order valence-electron chi connectivity index (χ3n) is 4.52. The molecular weight excluding hydrogens is 360 g/mol. The number of esters is 1. The van der Waals surface area contributed by atoms with E-state index < -0.39 is 5.97 Å². The molecule has 1 saturated heterocycles. The smallest absolute Gasteiger partial charge is 0.339 e. The molecule has 0 unspecified atom stereocenters. The van der Waals surface area contributed by atoms with Gasteiger partial charge in [-0.15, -0.1) is 0 Å². The molecule has 2 amide bonds. The Bertz CT molecular complexity index is 847. The lowest BCUT2D eigenvalue weighted by atomic mass is 10.1. The minimum Gasteiger partial charge on any atom is -0.452 e. The van der Waals surface area contributed by atoms with Gasteiger partial charge in [-0.05, 0) is 24.3 Å². The molecule has 2 aromatic rings. The van der Waals surface area contributed by atoms with E-state index in [1.165, 1.54) is 11.0 Å². The summed E-state index contributed by atoms with van der Waals surface area (Å²) < 4.78 is 10.4. The lowest BCUT2D eigenvalue weighted by molar-refractivity contribution is -0.138. The first-order valence-corrected chi connectivity index (χ1v) is 9.02. The van der Waals surface area contributed by atoms with Crippen LogP contribution in [0.5, 0.6) is 0 Å². The van der Waals surface area contributed by atoms with Crippen molar-refractivity contribution in [1.29, 1.82) is 0 Å². The fourth-order valence-electron chi connectivity index (χ4n) is 2.91. The molecule has 3 rings (SSSR count). The molecule has 0 radical (unpaired) electrons. The van der Waals surface area contributed by atoms with Gasteiger partial charge in [0.05, 0.1) is 24.3 Å². The zero-order valence-electron chi connectivity index (χ0n) is 15.7. The number of carbonyl (C=O) groups is 3. The molecule has 0 aromatic heterocycles. The third kappa shape index (κ3) is 4.55. The molecule has 28 heavy (non-hydrogen) atoms. The Kier molecular flexibility index (Phi) is 6.39. The molecule has 0 atom stereocenters. The molecule has 0 N–H and O–H groups in total. The average molecular weight is 382 g/mol. The number of carbonyl (C=O) groups excluding carboxylic acids is 3. The average Bonchev–Trinajstić information content (AvgIpc) is 2.77. The number of ether oxygens (including phenoxy) is 2. The normalized spacial score (nSPS) is 13.7. The molecule has 0 bridgehead atoms. The fourth-order valence-corrected chi connectivity index (χ4v) is 2.91. The van der Waals surface area contributed by atoms with E-state index in [-0.39, 0.29) is 29.5 Å². The van der Waals surface area contributed by atoms with Gasteiger partial charge in [0.1, 0.15) is 0 Å². The van der Waals surface area contributed by atoms with E-state index in [1.807, 2.05) is 18.2 Å². The third-order valence-corrected chi connectivity index (χ3v) is 4.52. The Balaban J connectivity index is 1.69. The van der Waals surface area contributed by atoms with E-state index in [2.05, 4.69) is 0 Å². The number of rotatable bonds is 5. The molecule has 0 aliphatic carbocycles. The predicted octanol–water partition coefficient (Wildman–Crippen LogP) is 1.98. The summed E-state index contributed by atoms with van der Waals surface area (Å²) in [6.45, 7) is 1.54. The highest BCUT2D eigenvalue weighted by Gasteiger charge is 2.23. The number of para-hydroxylation sites is 1. The van der Waals surface area contributed by atoms with Gasteiger partial charge in [0.15, 0.2) is 6.61 Å². The van der Waals surface area contributed by atoms with E-state index in [4.69, 9.17) is 9.47 Å². The van der Waals surface area contributed by atoms with Crippen LogP contribution in [-0.4, -0.2) is 62.6 Å². The molecule has 1 heterocycles. The molecule has 2 aromatic carbocycles. The van der Waals surface area contributed by atoms with Gasteiger partial charge in [0.2, 0.25) is 0 Å². The fraction of sp³-hybridized carbons (Fsp3) is 0.286. The predicted molar refractivity (Wildman–Crippen MR) is 103 cm³/mol. The number of nitrogens with zero attached hydrogens (tertiary/aromatic N) is 2. The summed E-state index contributed by atoms with van der Waals surface area (Å²) in [5.41, 5.74) is 1.06. The Morgan fingerprint density at radius 3 is 2.25 bits per heavy atom. The maximum Gasteiger partial charge on any atom is 0.339 e. The summed E-state index contributed by atoms with van der Waals surface area (Å²) in [6, 6.07) is 15.6. The van der Waals surface area contributed by atoms with Crippen molar-refractivity contribution in [2.45, 2.75) is 0 Å². The first-order valence-electron chi connectivity index (χ1n) is 9.02. The van der Waals surface area contributed by atoms with Gasteiger partial charge in [0.25, 0.3) is 11.8 Å². The van der Waals surface area contributed by atoms with Crippen LogP contribution in [0.3, 0.4) is 0 Å². The largest absolute Gasteiger partial charge is 0.452 e. The van der Waals surface area contributed by atoms with Crippen LogP contribution < -0.4 is 4.90 Å². The minimum absolute atomic E-state index is 0.130. The maximum atomic E-state index is 12.9. The Morgan fingerprint density at radius 1 is 0.964 bits per heavy atom. The zero-order chi connectivity index (χ0) is 19.9. The van der Waals surface area contributed by atoms with Crippen LogP contribution in [0.25, 0.3) is 0 Å². The molecule has 146 valence electrons. The van der Waals surface area contributed by atoms with Gasteiger partial charge in [-0.1, -0.05) is 30.3 Å². The van der Waals surface area contributed by atoms with E-state index in [9.17, 15) is 14.4 Å². The van der Waals surface area contributed by atoms with Gasteiger partial charge in [0, 0.05) is 25.8 Å². The second kappa shape index (κ2) is 9.14. The van der Waals surface area contributed by atoms with Crippen molar-refractivity contribution in [3.8, 4) is 0 Å². The van der Waals surface area contributed by atoms with Crippen molar-refractivity contribution in [1.82, 2.24) is 4.90 Å². The van der Waals surface area contributed by atoms with Crippen LogP contribution in [0.2, 0.25) is 0 Å². The number of amides is 2. The van der Waals surface area contributed by atoms with Gasteiger partial charge >= 0.3 is 5.97 Å². The van der Waals surface area contributed by atoms with Crippen LogP contribution in [0, 0.1) is 0 Å². The van der Waals surface area contributed by atoms with Crippen LogP contribution in [0.4, 0.5) is 5.69 Å². The molecule has 7 heteroatoms. The Hall–Kier alpha value is -3.19. The first-order chi connectivity index (χ1) is 13.6. The topological polar surface area (TPSA) is 76.2 Å². The van der Waals surface area contributed by atoms with Crippen molar-refractivity contribution in [3.05, 3.63) is 65.7 Å². The summed E-state index contributed by atoms with van der Waals surface area (Å²) in [7, 11) is 1.64. The van der Waals surface area contributed by atoms with Crippen molar-refractivity contribution in [3.63, 3.8) is 0 Å².